The maximum absolute atomic E-state index is 11.2. The summed E-state index contributed by atoms with van der Waals surface area (Å²) >= 11 is 0. The van der Waals surface area contributed by atoms with Gasteiger partial charge < -0.3 is 14.2 Å². The van der Waals surface area contributed by atoms with Crippen molar-refractivity contribution in [2.45, 2.75) is 13.0 Å². The summed E-state index contributed by atoms with van der Waals surface area (Å²) in [5.41, 5.74) is 0. The highest BCUT2D eigenvalue weighted by Gasteiger charge is 2.26. The highest BCUT2D eigenvalue weighted by Crippen LogP contribution is 2.03. The molecule has 6 nitrogen and oxygen atoms in total. The summed E-state index contributed by atoms with van der Waals surface area (Å²) in [6.45, 7) is 1.50. The Bertz CT molecular complexity index is 206. The number of nitrogens with zero attached hydrogens (tertiary/aromatic N) is 1. The van der Waals surface area contributed by atoms with Crippen LogP contribution < -0.4 is 0 Å². The van der Waals surface area contributed by atoms with Gasteiger partial charge in [0, 0.05) is 7.11 Å². The molecule has 0 aromatic rings. The average molecular weight is 205 g/mol. The Morgan fingerprint density at radius 2 is 1.79 bits per heavy atom. The van der Waals surface area contributed by atoms with Crippen LogP contribution >= 0.6 is 0 Å². The van der Waals surface area contributed by atoms with Crippen molar-refractivity contribution < 1.29 is 23.8 Å². The molecule has 0 saturated heterocycles. The first-order chi connectivity index (χ1) is 6.58. The van der Waals surface area contributed by atoms with Crippen molar-refractivity contribution >= 4 is 12.1 Å². The van der Waals surface area contributed by atoms with Crippen LogP contribution in [0, 0.1) is 0 Å². The van der Waals surface area contributed by atoms with Crippen molar-refractivity contribution in [2.24, 2.45) is 0 Å². The minimum absolute atomic E-state index is 0.0249. The number of esters is 1. The van der Waals surface area contributed by atoms with E-state index in [0.717, 1.165) is 4.90 Å². The predicted molar refractivity (Wildman–Crippen MR) is 47.6 cm³/mol. The van der Waals surface area contributed by atoms with E-state index >= 15 is 0 Å². The van der Waals surface area contributed by atoms with Crippen LogP contribution in [0.1, 0.15) is 6.92 Å². The maximum Gasteiger partial charge on any atom is 0.412 e. The van der Waals surface area contributed by atoms with Gasteiger partial charge in [-0.1, -0.05) is 0 Å². The molecule has 82 valence electrons. The largest absolute Gasteiger partial charge is 0.467 e. The van der Waals surface area contributed by atoms with E-state index in [0.29, 0.717) is 0 Å². The van der Waals surface area contributed by atoms with E-state index in [9.17, 15) is 9.59 Å². The molecular formula is C8H15NO5. The molecule has 0 aliphatic carbocycles. The maximum atomic E-state index is 11.2. The molecule has 0 heterocycles. The molecule has 14 heavy (non-hydrogen) atoms. The standard InChI is InChI=1S/C8H15NO5/c1-6(7(10)13-3)9(5-12-2)8(11)14-4/h6H,5H2,1-4H3. The number of amides is 1. The third-order valence-electron chi connectivity index (χ3n) is 1.69. The summed E-state index contributed by atoms with van der Waals surface area (Å²) in [4.78, 5) is 23.4. The summed E-state index contributed by atoms with van der Waals surface area (Å²) in [5.74, 6) is -0.521. The average Bonchev–Trinajstić information content (AvgIpc) is 2.22. The molecule has 0 aromatic heterocycles. The second-order valence-corrected chi connectivity index (χ2v) is 2.56. The zero-order valence-corrected chi connectivity index (χ0v) is 8.77. The SMILES string of the molecule is COCN(C(=O)OC)C(C)C(=O)OC. The zero-order valence-electron chi connectivity index (χ0n) is 8.77. The van der Waals surface area contributed by atoms with E-state index in [2.05, 4.69) is 9.47 Å². The summed E-state index contributed by atoms with van der Waals surface area (Å²) < 4.78 is 13.7. The van der Waals surface area contributed by atoms with Crippen molar-refractivity contribution in [1.82, 2.24) is 4.90 Å². The Hall–Kier alpha value is -1.30. The molecule has 1 unspecified atom stereocenters. The highest BCUT2D eigenvalue weighted by atomic mass is 16.6. The molecule has 0 aliphatic rings. The smallest absolute Gasteiger partial charge is 0.412 e. The summed E-state index contributed by atoms with van der Waals surface area (Å²) in [5, 5.41) is 0. The van der Waals surface area contributed by atoms with E-state index < -0.39 is 18.1 Å². The van der Waals surface area contributed by atoms with E-state index in [1.54, 1.807) is 0 Å². The summed E-state index contributed by atoms with van der Waals surface area (Å²) in [6.07, 6.45) is -0.634. The molecule has 0 saturated carbocycles. The lowest BCUT2D eigenvalue weighted by Crippen LogP contribution is -2.44. The van der Waals surface area contributed by atoms with Crippen LogP contribution in [-0.4, -0.2) is 51.1 Å². The summed E-state index contributed by atoms with van der Waals surface area (Å²) in [7, 11) is 3.90. The first-order valence-corrected chi connectivity index (χ1v) is 3.99. The minimum Gasteiger partial charge on any atom is -0.467 e. The van der Waals surface area contributed by atoms with Gasteiger partial charge in [0.2, 0.25) is 0 Å². The molecule has 0 fully saturated rings. The number of hydrogen-bond donors (Lipinski definition) is 0. The van der Waals surface area contributed by atoms with Crippen LogP contribution in [0.2, 0.25) is 0 Å². The first-order valence-electron chi connectivity index (χ1n) is 3.99. The van der Waals surface area contributed by atoms with Gasteiger partial charge in [-0.2, -0.15) is 0 Å². The van der Waals surface area contributed by atoms with E-state index in [-0.39, 0.29) is 6.73 Å². The molecule has 0 N–H and O–H groups in total. The third kappa shape index (κ3) is 3.21. The topological polar surface area (TPSA) is 65.1 Å². The Labute approximate surface area is 82.7 Å². The van der Waals surface area contributed by atoms with Gasteiger partial charge >= 0.3 is 12.1 Å². The second-order valence-electron chi connectivity index (χ2n) is 2.56. The van der Waals surface area contributed by atoms with Gasteiger partial charge in [-0.25, -0.2) is 9.59 Å². The van der Waals surface area contributed by atoms with Crippen molar-refractivity contribution in [3.8, 4) is 0 Å². The fourth-order valence-corrected chi connectivity index (χ4v) is 0.877. The second kappa shape index (κ2) is 6.20. The molecule has 0 rings (SSSR count). The van der Waals surface area contributed by atoms with Crippen LogP contribution in [0.15, 0.2) is 0 Å². The number of ether oxygens (including phenoxy) is 3. The molecule has 0 bridgehead atoms. The van der Waals surface area contributed by atoms with Gasteiger partial charge in [-0.15, -0.1) is 0 Å². The van der Waals surface area contributed by atoms with Crippen molar-refractivity contribution in [3.05, 3.63) is 0 Å². The molecule has 1 amide bonds. The fourth-order valence-electron chi connectivity index (χ4n) is 0.877. The number of carbonyl (C=O) groups excluding carboxylic acids is 2. The molecule has 0 aliphatic heterocycles. The van der Waals surface area contributed by atoms with Gasteiger partial charge in [-0.3, -0.25) is 4.90 Å². The predicted octanol–water partition coefficient (Wildman–Crippen LogP) is 0.220. The molecule has 0 radical (unpaired) electrons. The zero-order chi connectivity index (χ0) is 11.1. The van der Waals surface area contributed by atoms with Crippen molar-refractivity contribution in [3.63, 3.8) is 0 Å². The van der Waals surface area contributed by atoms with Gasteiger partial charge in [0.15, 0.2) is 0 Å². The lowest BCUT2D eigenvalue weighted by molar-refractivity contribution is -0.147. The van der Waals surface area contributed by atoms with E-state index in [4.69, 9.17) is 4.74 Å². The third-order valence-corrected chi connectivity index (χ3v) is 1.69. The monoisotopic (exact) mass is 205 g/mol. The van der Waals surface area contributed by atoms with Gasteiger partial charge in [0.25, 0.3) is 0 Å². The van der Waals surface area contributed by atoms with Crippen LogP contribution in [0.5, 0.6) is 0 Å². The quantitative estimate of drug-likeness (QED) is 0.485. The minimum atomic E-state index is -0.729. The number of carbonyl (C=O) groups is 2. The Morgan fingerprint density at radius 1 is 1.21 bits per heavy atom. The van der Waals surface area contributed by atoms with Crippen LogP contribution in [0.4, 0.5) is 4.79 Å². The van der Waals surface area contributed by atoms with Crippen LogP contribution in [0.3, 0.4) is 0 Å². The van der Waals surface area contributed by atoms with Crippen LogP contribution in [-0.2, 0) is 19.0 Å². The highest BCUT2D eigenvalue weighted by molar-refractivity contribution is 5.80. The molecule has 0 aromatic carbocycles. The molecule has 1 atom stereocenters. The fraction of sp³-hybridized carbons (Fsp3) is 0.750. The number of rotatable bonds is 4. The van der Waals surface area contributed by atoms with E-state index in [1.165, 1.54) is 28.3 Å². The van der Waals surface area contributed by atoms with Gasteiger partial charge in [-0.05, 0) is 6.92 Å². The molecule has 6 heteroatoms. The van der Waals surface area contributed by atoms with E-state index in [1.807, 2.05) is 0 Å². The van der Waals surface area contributed by atoms with Crippen molar-refractivity contribution in [1.29, 1.82) is 0 Å². The first kappa shape index (κ1) is 12.7. The lowest BCUT2D eigenvalue weighted by atomic mass is 10.3. The number of hydrogen-bond acceptors (Lipinski definition) is 5. The normalized spacial score (nSPS) is 11.7. The van der Waals surface area contributed by atoms with Gasteiger partial charge in [0.05, 0.1) is 14.2 Å². The van der Waals surface area contributed by atoms with Crippen molar-refractivity contribution in [2.75, 3.05) is 28.1 Å². The molecular weight excluding hydrogens is 190 g/mol. The molecule has 0 spiro atoms. The summed E-state index contributed by atoms with van der Waals surface area (Å²) in [6, 6.07) is -0.729. The van der Waals surface area contributed by atoms with Gasteiger partial charge in [0.1, 0.15) is 12.8 Å². The Morgan fingerprint density at radius 3 is 2.14 bits per heavy atom. The number of methoxy groups -OCH3 is 3. The lowest BCUT2D eigenvalue weighted by Gasteiger charge is -2.24. The van der Waals surface area contributed by atoms with Crippen LogP contribution in [0.25, 0.3) is 0 Å². The Kier molecular flexibility index (Phi) is 5.62. The Balaban J connectivity index is 4.47.